The number of imidazole rings is 1. The topological polar surface area (TPSA) is 38.9 Å². The van der Waals surface area contributed by atoms with Crippen LogP contribution in [0.25, 0.3) is 16.9 Å². The molecule has 0 amide bonds. The quantitative estimate of drug-likeness (QED) is 0.655. The fraction of sp³-hybridized carbons (Fsp3) is 0.478. The van der Waals surface area contributed by atoms with Gasteiger partial charge in [0.25, 0.3) is 0 Å². The molecule has 0 saturated carbocycles. The van der Waals surface area contributed by atoms with Crippen molar-refractivity contribution >= 4 is 0 Å². The van der Waals surface area contributed by atoms with Crippen molar-refractivity contribution in [1.29, 1.82) is 0 Å². The number of nitrogens with zero attached hydrogens (tertiary/aromatic N) is 5. The molecule has 0 spiro atoms. The average Bonchev–Trinajstić information content (AvgIpc) is 3.26. The summed E-state index contributed by atoms with van der Waals surface area (Å²) >= 11 is 0. The highest BCUT2D eigenvalue weighted by Crippen LogP contribution is 2.30. The highest BCUT2D eigenvalue weighted by molar-refractivity contribution is 5.66. The summed E-state index contributed by atoms with van der Waals surface area (Å²) in [6.07, 6.45) is 7.98. The van der Waals surface area contributed by atoms with Crippen LogP contribution in [-0.2, 0) is 6.54 Å². The van der Waals surface area contributed by atoms with Crippen LogP contribution in [0.15, 0.2) is 36.8 Å². The van der Waals surface area contributed by atoms with Crippen LogP contribution >= 0.6 is 0 Å². The molecule has 1 aliphatic rings. The van der Waals surface area contributed by atoms with E-state index in [1.165, 1.54) is 54.9 Å². The Balaban J connectivity index is 1.66. The molecule has 1 atom stereocenters. The van der Waals surface area contributed by atoms with E-state index in [0.717, 1.165) is 17.9 Å². The molecule has 0 N–H and O–H groups in total. The van der Waals surface area contributed by atoms with Gasteiger partial charge in [-0.3, -0.25) is 4.90 Å². The molecule has 28 heavy (non-hydrogen) atoms. The summed E-state index contributed by atoms with van der Waals surface area (Å²) in [6, 6.07) is 8.93. The Kier molecular flexibility index (Phi) is 5.36. The van der Waals surface area contributed by atoms with Crippen LogP contribution in [0.3, 0.4) is 0 Å². The third-order valence-electron chi connectivity index (χ3n) is 6.08. The van der Waals surface area contributed by atoms with Gasteiger partial charge in [0.2, 0.25) is 0 Å². The summed E-state index contributed by atoms with van der Waals surface area (Å²) in [5, 5.41) is 4.87. The van der Waals surface area contributed by atoms with Crippen LogP contribution in [0.4, 0.5) is 0 Å². The van der Waals surface area contributed by atoms with E-state index in [4.69, 9.17) is 5.10 Å². The Bertz CT molecular complexity index is 946. The second-order valence-corrected chi connectivity index (χ2v) is 8.12. The minimum absolute atomic E-state index is 0.514. The standard InChI is InChI=1S/C23H31N5/c1-17-10-6-7-11-21(17)28-20(4)23(19(3)25-28)22-14-24-16-27(22)15-18(2)26-12-8-5-9-13-26/h6-7,10-11,14,16,18H,5,8-9,12-13,15H2,1-4H3. The fourth-order valence-corrected chi connectivity index (χ4v) is 4.48. The molecule has 148 valence electrons. The van der Waals surface area contributed by atoms with Gasteiger partial charge in [-0.15, -0.1) is 0 Å². The third-order valence-corrected chi connectivity index (χ3v) is 6.08. The van der Waals surface area contributed by atoms with Crippen LogP contribution in [0, 0.1) is 20.8 Å². The van der Waals surface area contributed by atoms with Crippen molar-refractivity contribution in [2.24, 2.45) is 0 Å². The summed E-state index contributed by atoms with van der Waals surface area (Å²) in [6.45, 7) is 12.1. The van der Waals surface area contributed by atoms with E-state index in [9.17, 15) is 0 Å². The number of aryl methyl sites for hydroxylation is 2. The molecule has 0 bridgehead atoms. The first-order valence-corrected chi connectivity index (χ1v) is 10.4. The van der Waals surface area contributed by atoms with Gasteiger partial charge in [-0.1, -0.05) is 24.6 Å². The van der Waals surface area contributed by atoms with Crippen molar-refractivity contribution in [3.8, 4) is 16.9 Å². The second kappa shape index (κ2) is 7.92. The lowest BCUT2D eigenvalue weighted by Gasteiger charge is -2.32. The van der Waals surface area contributed by atoms with E-state index in [0.29, 0.717) is 6.04 Å². The van der Waals surface area contributed by atoms with Crippen molar-refractivity contribution in [2.75, 3.05) is 13.1 Å². The van der Waals surface area contributed by atoms with Gasteiger partial charge >= 0.3 is 0 Å². The molecule has 1 aromatic carbocycles. The first-order chi connectivity index (χ1) is 13.6. The third kappa shape index (κ3) is 3.51. The fourth-order valence-electron chi connectivity index (χ4n) is 4.48. The predicted octanol–water partition coefficient (Wildman–Crippen LogP) is 4.54. The molecule has 5 heteroatoms. The Labute approximate surface area is 168 Å². The van der Waals surface area contributed by atoms with Crippen molar-refractivity contribution in [1.82, 2.24) is 24.2 Å². The lowest BCUT2D eigenvalue weighted by atomic mass is 10.1. The molecule has 3 aromatic rings. The van der Waals surface area contributed by atoms with Crippen LogP contribution in [0.5, 0.6) is 0 Å². The zero-order valence-electron chi connectivity index (χ0n) is 17.5. The summed E-state index contributed by atoms with van der Waals surface area (Å²) < 4.78 is 4.38. The van der Waals surface area contributed by atoms with Gasteiger partial charge in [0, 0.05) is 18.2 Å². The van der Waals surface area contributed by atoms with Crippen LogP contribution in [-0.4, -0.2) is 43.4 Å². The molecule has 0 aliphatic carbocycles. The van der Waals surface area contributed by atoms with E-state index in [1.54, 1.807) is 0 Å². The zero-order valence-corrected chi connectivity index (χ0v) is 17.5. The Morgan fingerprint density at radius 3 is 2.54 bits per heavy atom. The molecule has 1 saturated heterocycles. The van der Waals surface area contributed by atoms with Crippen molar-refractivity contribution < 1.29 is 0 Å². The SMILES string of the molecule is Cc1ccccc1-n1nc(C)c(-c2cncn2CC(C)N2CCCCC2)c1C. The number of para-hydroxylation sites is 1. The van der Waals surface area contributed by atoms with Crippen LogP contribution in [0.1, 0.15) is 43.1 Å². The van der Waals surface area contributed by atoms with Crippen molar-refractivity contribution in [2.45, 2.75) is 59.5 Å². The van der Waals surface area contributed by atoms with Crippen molar-refractivity contribution in [3.63, 3.8) is 0 Å². The minimum Gasteiger partial charge on any atom is -0.329 e. The monoisotopic (exact) mass is 377 g/mol. The predicted molar refractivity (Wildman–Crippen MR) is 114 cm³/mol. The highest BCUT2D eigenvalue weighted by atomic mass is 15.3. The first kappa shape index (κ1) is 18.9. The van der Waals surface area contributed by atoms with E-state index in [1.807, 2.05) is 12.5 Å². The molecule has 1 aliphatic heterocycles. The van der Waals surface area contributed by atoms with Gasteiger partial charge in [-0.2, -0.15) is 5.10 Å². The molecule has 1 unspecified atom stereocenters. The normalized spacial score (nSPS) is 16.4. The maximum Gasteiger partial charge on any atom is 0.0951 e. The highest BCUT2D eigenvalue weighted by Gasteiger charge is 2.21. The Morgan fingerprint density at radius 1 is 1.04 bits per heavy atom. The summed E-state index contributed by atoms with van der Waals surface area (Å²) in [5.74, 6) is 0. The summed E-state index contributed by atoms with van der Waals surface area (Å²) in [5.41, 5.74) is 6.95. The number of rotatable bonds is 5. The molecule has 4 rings (SSSR count). The smallest absolute Gasteiger partial charge is 0.0951 e. The molecular formula is C23H31N5. The number of likely N-dealkylation sites (tertiary alicyclic amines) is 1. The second-order valence-electron chi connectivity index (χ2n) is 8.12. The van der Waals surface area contributed by atoms with Gasteiger partial charge in [-0.05, 0) is 65.3 Å². The number of hydrogen-bond donors (Lipinski definition) is 0. The summed E-state index contributed by atoms with van der Waals surface area (Å²) in [7, 11) is 0. The van der Waals surface area contributed by atoms with Gasteiger partial charge in [0.05, 0.1) is 35.3 Å². The van der Waals surface area contributed by atoms with Gasteiger partial charge < -0.3 is 4.57 Å². The zero-order chi connectivity index (χ0) is 19.7. The average molecular weight is 378 g/mol. The van der Waals surface area contributed by atoms with E-state index < -0.39 is 0 Å². The molecular weight excluding hydrogens is 346 g/mol. The maximum absolute atomic E-state index is 4.87. The lowest BCUT2D eigenvalue weighted by Crippen LogP contribution is -2.39. The van der Waals surface area contributed by atoms with Gasteiger partial charge in [0.1, 0.15) is 0 Å². The van der Waals surface area contributed by atoms with Gasteiger partial charge in [-0.25, -0.2) is 9.67 Å². The van der Waals surface area contributed by atoms with Crippen molar-refractivity contribution in [3.05, 3.63) is 53.7 Å². The molecule has 5 nitrogen and oxygen atoms in total. The number of hydrogen-bond acceptors (Lipinski definition) is 3. The minimum atomic E-state index is 0.514. The van der Waals surface area contributed by atoms with E-state index >= 15 is 0 Å². The number of piperidine rings is 1. The summed E-state index contributed by atoms with van der Waals surface area (Å²) in [4.78, 5) is 7.10. The lowest BCUT2D eigenvalue weighted by molar-refractivity contribution is 0.160. The van der Waals surface area contributed by atoms with Crippen LogP contribution < -0.4 is 0 Å². The number of benzene rings is 1. The Hall–Kier alpha value is -2.40. The molecule has 0 radical (unpaired) electrons. The van der Waals surface area contributed by atoms with Gasteiger partial charge in [0.15, 0.2) is 0 Å². The molecule has 2 aromatic heterocycles. The first-order valence-electron chi connectivity index (χ1n) is 10.4. The van der Waals surface area contributed by atoms with E-state index in [-0.39, 0.29) is 0 Å². The van der Waals surface area contributed by atoms with Crippen LogP contribution in [0.2, 0.25) is 0 Å². The number of aromatic nitrogens is 4. The Morgan fingerprint density at radius 2 is 1.79 bits per heavy atom. The van der Waals surface area contributed by atoms with E-state index in [2.05, 4.69) is 71.1 Å². The largest absolute Gasteiger partial charge is 0.329 e. The molecule has 1 fully saturated rings. The maximum atomic E-state index is 4.87. The molecule has 3 heterocycles.